The molecule has 0 atom stereocenters. The van der Waals surface area contributed by atoms with Crippen LogP contribution in [0.5, 0.6) is 0 Å². The second-order valence-electron chi connectivity index (χ2n) is 2.92. The van der Waals surface area contributed by atoms with Gasteiger partial charge >= 0.3 is 0 Å². The van der Waals surface area contributed by atoms with E-state index in [0.717, 1.165) is 6.07 Å². The maximum absolute atomic E-state index is 13.0. The van der Waals surface area contributed by atoms with Crippen LogP contribution in [0.1, 0.15) is 18.4 Å². The largest absolute Gasteiger partial charge is 0.303 e. The first-order valence-corrected chi connectivity index (χ1v) is 4.22. The summed E-state index contributed by atoms with van der Waals surface area (Å²) in [6.45, 7) is 0. The first-order chi connectivity index (χ1) is 6.65. The van der Waals surface area contributed by atoms with Crippen molar-refractivity contribution in [1.82, 2.24) is 0 Å². The number of aryl methyl sites for hydroxylation is 1. The minimum Gasteiger partial charge on any atom is -0.303 e. The summed E-state index contributed by atoms with van der Waals surface area (Å²) in [6, 6.07) is 1.35. The number of rotatable bonds is 4. The van der Waals surface area contributed by atoms with Gasteiger partial charge in [0.05, 0.1) is 0 Å². The highest BCUT2D eigenvalue weighted by Crippen LogP contribution is 2.15. The van der Waals surface area contributed by atoms with Crippen LogP contribution in [0.25, 0.3) is 0 Å². The Balaban J connectivity index is 2.76. The third-order valence-electron chi connectivity index (χ3n) is 1.86. The molecule has 0 unspecified atom stereocenters. The fraction of sp³-hybridized carbons (Fsp3) is 0.300. The van der Waals surface area contributed by atoms with Crippen molar-refractivity contribution >= 4 is 6.29 Å². The predicted molar refractivity (Wildman–Crippen MR) is 45.3 cm³/mol. The van der Waals surface area contributed by atoms with E-state index in [9.17, 15) is 18.0 Å². The average Bonchev–Trinajstić information content (AvgIpc) is 2.14. The molecule has 0 radical (unpaired) electrons. The van der Waals surface area contributed by atoms with Gasteiger partial charge < -0.3 is 4.79 Å². The molecule has 1 nitrogen and oxygen atoms in total. The molecule has 0 aliphatic rings. The van der Waals surface area contributed by atoms with Gasteiger partial charge in [-0.3, -0.25) is 0 Å². The molecule has 0 N–H and O–H groups in total. The third-order valence-corrected chi connectivity index (χ3v) is 1.86. The molecule has 4 heteroatoms. The molecule has 0 saturated carbocycles. The fourth-order valence-corrected chi connectivity index (χ4v) is 1.13. The number of hydrogen-bond donors (Lipinski definition) is 0. The van der Waals surface area contributed by atoms with Gasteiger partial charge in [-0.25, -0.2) is 13.2 Å². The van der Waals surface area contributed by atoms with Gasteiger partial charge in [0, 0.05) is 12.5 Å². The molecular weight excluding hydrogens is 193 g/mol. The lowest BCUT2D eigenvalue weighted by atomic mass is 10.1. The van der Waals surface area contributed by atoms with Crippen LogP contribution in [0.2, 0.25) is 0 Å². The SMILES string of the molecule is O=CCCCc1cc(F)c(F)cc1F. The molecule has 1 aromatic rings. The second kappa shape index (κ2) is 4.79. The highest BCUT2D eigenvalue weighted by Gasteiger charge is 2.08. The fourth-order valence-electron chi connectivity index (χ4n) is 1.13. The molecular formula is C10H9F3O. The van der Waals surface area contributed by atoms with Gasteiger partial charge in [-0.15, -0.1) is 0 Å². The first-order valence-electron chi connectivity index (χ1n) is 4.22. The van der Waals surface area contributed by atoms with E-state index < -0.39 is 17.5 Å². The van der Waals surface area contributed by atoms with E-state index in [-0.39, 0.29) is 12.0 Å². The summed E-state index contributed by atoms with van der Waals surface area (Å²) in [5.74, 6) is -3.02. The third kappa shape index (κ3) is 2.58. The molecule has 76 valence electrons. The van der Waals surface area contributed by atoms with Crippen molar-refractivity contribution in [1.29, 1.82) is 0 Å². The van der Waals surface area contributed by atoms with Crippen LogP contribution in [-0.4, -0.2) is 6.29 Å². The molecule has 0 bridgehead atoms. The Kier molecular flexibility index (Phi) is 3.68. The Morgan fingerprint density at radius 3 is 2.36 bits per heavy atom. The zero-order valence-corrected chi connectivity index (χ0v) is 7.40. The van der Waals surface area contributed by atoms with Gasteiger partial charge in [0.15, 0.2) is 11.6 Å². The van der Waals surface area contributed by atoms with Crippen molar-refractivity contribution in [2.75, 3.05) is 0 Å². The Labute approximate surface area is 79.5 Å². The van der Waals surface area contributed by atoms with Crippen LogP contribution in [0.4, 0.5) is 13.2 Å². The van der Waals surface area contributed by atoms with Crippen molar-refractivity contribution in [2.24, 2.45) is 0 Å². The maximum atomic E-state index is 13.0. The number of carbonyl (C=O) groups is 1. The van der Waals surface area contributed by atoms with Crippen LogP contribution < -0.4 is 0 Å². The number of aldehydes is 1. The number of hydrogen-bond acceptors (Lipinski definition) is 1. The van der Waals surface area contributed by atoms with Crippen LogP contribution in [-0.2, 0) is 11.2 Å². The lowest BCUT2D eigenvalue weighted by Crippen LogP contribution is -1.95. The smallest absolute Gasteiger partial charge is 0.161 e. The predicted octanol–water partition coefficient (Wildman–Crippen LogP) is 2.63. The molecule has 1 rings (SSSR count). The first kappa shape index (κ1) is 10.8. The Bertz CT molecular complexity index is 336. The van der Waals surface area contributed by atoms with Crippen molar-refractivity contribution in [3.8, 4) is 0 Å². The molecule has 0 fully saturated rings. The van der Waals surface area contributed by atoms with Gasteiger partial charge in [0.25, 0.3) is 0 Å². The van der Waals surface area contributed by atoms with Gasteiger partial charge in [-0.05, 0) is 24.5 Å². The van der Waals surface area contributed by atoms with E-state index in [4.69, 9.17) is 0 Å². The van der Waals surface area contributed by atoms with E-state index in [1.54, 1.807) is 0 Å². The van der Waals surface area contributed by atoms with Gasteiger partial charge in [-0.1, -0.05) is 0 Å². The van der Waals surface area contributed by atoms with E-state index in [2.05, 4.69) is 0 Å². The molecule has 0 amide bonds. The Morgan fingerprint density at radius 2 is 1.71 bits per heavy atom. The minimum absolute atomic E-state index is 0.103. The number of carbonyl (C=O) groups excluding carboxylic acids is 1. The summed E-state index contributed by atoms with van der Waals surface area (Å²) < 4.78 is 38.1. The van der Waals surface area contributed by atoms with Crippen LogP contribution in [0, 0.1) is 17.5 Å². The summed E-state index contributed by atoms with van der Waals surface area (Å²) in [5.41, 5.74) is 0.103. The normalized spacial score (nSPS) is 10.2. The number of halogens is 3. The van der Waals surface area contributed by atoms with Crippen molar-refractivity contribution in [3.05, 3.63) is 35.1 Å². The van der Waals surface area contributed by atoms with Gasteiger partial charge in [-0.2, -0.15) is 0 Å². The van der Waals surface area contributed by atoms with E-state index in [1.807, 2.05) is 0 Å². The molecule has 0 aliphatic carbocycles. The minimum atomic E-state index is -1.19. The van der Waals surface area contributed by atoms with Crippen molar-refractivity contribution < 1.29 is 18.0 Å². The van der Waals surface area contributed by atoms with E-state index >= 15 is 0 Å². The molecule has 0 aromatic heterocycles. The summed E-state index contributed by atoms with van der Waals surface area (Å²) in [4.78, 5) is 9.97. The lowest BCUT2D eigenvalue weighted by molar-refractivity contribution is -0.107. The molecule has 14 heavy (non-hydrogen) atoms. The highest BCUT2D eigenvalue weighted by atomic mass is 19.2. The lowest BCUT2D eigenvalue weighted by Gasteiger charge is -2.02. The average molecular weight is 202 g/mol. The molecule has 0 spiro atoms. The summed E-state index contributed by atoms with van der Waals surface area (Å²) in [5, 5.41) is 0. The van der Waals surface area contributed by atoms with E-state index in [0.29, 0.717) is 25.2 Å². The quantitative estimate of drug-likeness (QED) is 0.416. The summed E-state index contributed by atoms with van der Waals surface area (Å²) in [6.07, 6.45) is 1.67. The van der Waals surface area contributed by atoms with Crippen LogP contribution >= 0.6 is 0 Å². The Hall–Kier alpha value is -1.32. The van der Waals surface area contributed by atoms with Crippen molar-refractivity contribution in [2.45, 2.75) is 19.3 Å². The Morgan fingerprint density at radius 1 is 1.07 bits per heavy atom. The summed E-state index contributed by atoms with van der Waals surface area (Å²) in [7, 11) is 0. The number of unbranched alkanes of at least 4 members (excludes halogenated alkanes) is 1. The summed E-state index contributed by atoms with van der Waals surface area (Å²) >= 11 is 0. The van der Waals surface area contributed by atoms with E-state index in [1.165, 1.54) is 0 Å². The zero-order chi connectivity index (χ0) is 10.6. The van der Waals surface area contributed by atoms with Crippen LogP contribution in [0.3, 0.4) is 0 Å². The standard InChI is InChI=1S/C10H9F3O/c11-8-6-10(13)9(12)5-7(8)3-1-2-4-14/h4-6H,1-3H2. The molecule has 1 aromatic carbocycles. The molecule has 0 aliphatic heterocycles. The van der Waals surface area contributed by atoms with Gasteiger partial charge in [0.1, 0.15) is 12.1 Å². The van der Waals surface area contributed by atoms with Crippen LogP contribution in [0.15, 0.2) is 12.1 Å². The number of benzene rings is 1. The highest BCUT2D eigenvalue weighted by molar-refractivity contribution is 5.49. The maximum Gasteiger partial charge on any atom is 0.161 e. The topological polar surface area (TPSA) is 17.1 Å². The second-order valence-corrected chi connectivity index (χ2v) is 2.92. The molecule has 0 heterocycles. The zero-order valence-electron chi connectivity index (χ0n) is 7.40. The van der Waals surface area contributed by atoms with Crippen molar-refractivity contribution in [3.63, 3.8) is 0 Å². The van der Waals surface area contributed by atoms with Gasteiger partial charge in [0.2, 0.25) is 0 Å². The molecule has 0 saturated heterocycles. The monoisotopic (exact) mass is 202 g/mol.